The predicted molar refractivity (Wildman–Crippen MR) is 105 cm³/mol. The van der Waals surface area contributed by atoms with Crippen molar-refractivity contribution in [3.63, 3.8) is 0 Å². The summed E-state index contributed by atoms with van der Waals surface area (Å²) in [6.07, 6.45) is 4.80. The highest BCUT2D eigenvalue weighted by Crippen LogP contribution is 2.21. The first-order valence-corrected chi connectivity index (χ1v) is 9.89. The van der Waals surface area contributed by atoms with Gasteiger partial charge in [-0.15, -0.1) is 0 Å². The smallest absolute Gasteiger partial charge is 0.306 e. The van der Waals surface area contributed by atoms with Crippen LogP contribution in [0.5, 0.6) is 0 Å². The van der Waals surface area contributed by atoms with Crippen molar-refractivity contribution in [1.82, 2.24) is 4.90 Å². The first-order chi connectivity index (χ1) is 13.0. The SMILES string of the molecule is CCCCC(CC)C(=O)Nc1ccc(C(=O)N2CCC(C(=O)O)CC2)cc1. The van der Waals surface area contributed by atoms with Crippen molar-refractivity contribution in [3.8, 4) is 0 Å². The van der Waals surface area contributed by atoms with Crippen LogP contribution in [0.25, 0.3) is 0 Å². The Bertz CT molecular complexity index is 649. The summed E-state index contributed by atoms with van der Waals surface area (Å²) in [5, 5.41) is 12.0. The fourth-order valence-electron chi connectivity index (χ4n) is 3.42. The number of likely N-dealkylation sites (tertiary alicyclic amines) is 1. The van der Waals surface area contributed by atoms with E-state index in [9.17, 15) is 14.4 Å². The van der Waals surface area contributed by atoms with Gasteiger partial charge in [-0.2, -0.15) is 0 Å². The Morgan fingerprint density at radius 2 is 1.78 bits per heavy atom. The Balaban J connectivity index is 1.91. The summed E-state index contributed by atoms with van der Waals surface area (Å²) in [5.41, 5.74) is 1.25. The molecule has 0 bridgehead atoms. The van der Waals surface area contributed by atoms with E-state index in [0.29, 0.717) is 37.2 Å². The zero-order valence-electron chi connectivity index (χ0n) is 16.2. The molecule has 2 rings (SSSR count). The number of piperidine rings is 1. The van der Waals surface area contributed by atoms with E-state index in [1.54, 1.807) is 29.2 Å². The predicted octanol–water partition coefficient (Wildman–Crippen LogP) is 3.78. The summed E-state index contributed by atoms with van der Waals surface area (Å²) in [4.78, 5) is 37.7. The molecule has 2 N–H and O–H groups in total. The Hall–Kier alpha value is -2.37. The summed E-state index contributed by atoms with van der Waals surface area (Å²) >= 11 is 0. The zero-order chi connectivity index (χ0) is 19.8. The number of nitrogens with zero attached hydrogens (tertiary/aromatic N) is 1. The van der Waals surface area contributed by atoms with Gasteiger partial charge in [0.2, 0.25) is 5.91 Å². The van der Waals surface area contributed by atoms with Crippen LogP contribution in [0.4, 0.5) is 5.69 Å². The highest BCUT2D eigenvalue weighted by molar-refractivity contribution is 5.96. The van der Waals surface area contributed by atoms with Crippen molar-refractivity contribution in [2.45, 2.75) is 52.4 Å². The zero-order valence-corrected chi connectivity index (χ0v) is 16.2. The summed E-state index contributed by atoms with van der Waals surface area (Å²) in [5.74, 6) is -1.19. The van der Waals surface area contributed by atoms with Crippen molar-refractivity contribution < 1.29 is 19.5 Å². The molecule has 148 valence electrons. The molecule has 1 aromatic carbocycles. The second-order valence-corrected chi connectivity index (χ2v) is 7.22. The Morgan fingerprint density at radius 3 is 2.30 bits per heavy atom. The molecular formula is C21H30N2O4. The first-order valence-electron chi connectivity index (χ1n) is 9.89. The van der Waals surface area contributed by atoms with Gasteiger partial charge < -0.3 is 15.3 Å². The topological polar surface area (TPSA) is 86.7 Å². The lowest BCUT2D eigenvalue weighted by molar-refractivity contribution is -0.143. The van der Waals surface area contributed by atoms with Gasteiger partial charge in [0.25, 0.3) is 5.91 Å². The van der Waals surface area contributed by atoms with Crippen molar-refractivity contribution in [2.24, 2.45) is 11.8 Å². The standard InChI is InChI=1S/C21H30N2O4/c1-3-5-6-15(4-2)19(24)22-18-9-7-16(8-10-18)20(25)23-13-11-17(12-14-23)21(26)27/h7-10,15,17H,3-6,11-14H2,1-2H3,(H,22,24)(H,26,27). The summed E-state index contributed by atoms with van der Waals surface area (Å²) < 4.78 is 0. The van der Waals surface area contributed by atoms with Gasteiger partial charge in [0.1, 0.15) is 0 Å². The normalized spacial score (nSPS) is 16.0. The second-order valence-electron chi connectivity index (χ2n) is 7.22. The minimum absolute atomic E-state index is 0.0155. The number of benzene rings is 1. The van der Waals surface area contributed by atoms with E-state index >= 15 is 0 Å². The molecule has 0 radical (unpaired) electrons. The van der Waals surface area contributed by atoms with Crippen LogP contribution >= 0.6 is 0 Å². The minimum atomic E-state index is -0.786. The third kappa shape index (κ3) is 5.81. The van der Waals surface area contributed by atoms with Crippen LogP contribution in [-0.2, 0) is 9.59 Å². The molecule has 2 amide bonds. The molecule has 6 nitrogen and oxygen atoms in total. The van der Waals surface area contributed by atoms with E-state index in [1.165, 1.54) is 0 Å². The maximum Gasteiger partial charge on any atom is 0.306 e. The van der Waals surface area contributed by atoms with E-state index in [2.05, 4.69) is 12.2 Å². The number of carbonyl (C=O) groups excluding carboxylic acids is 2. The molecule has 27 heavy (non-hydrogen) atoms. The molecular weight excluding hydrogens is 344 g/mol. The maximum absolute atomic E-state index is 12.6. The fraction of sp³-hybridized carbons (Fsp3) is 0.571. The average molecular weight is 374 g/mol. The molecule has 1 aliphatic heterocycles. The third-order valence-corrected chi connectivity index (χ3v) is 5.30. The number of aliphatic carboxylic acids is 1. The van der Waals surface area contributed by atoms with Crippen LogP contribution in [0.15, 0.2) is 24.3 Å². The molecule has 1 atom stereocenters. The summed E-state index contributed by atoms with van der Waals surface area (Å²) in [6, 6.07) is 6.94. The van der Waals surface area contributed by atoms with Crippen LogP contribution in [0.3, 0.4) is 0 Å². The lowest BCUT2D eigenvalue weighted by Crippen LogP contribution is -2.40. The molecule has 1 aliphatic rings. The van der Waals surface area contributed by atoms with Gasteiger partial charge >= 0.3 is 5.97 Å². The van der Waals surface area contributed by atoms with E-state index in [0.717, 1.165) is 25.7 Å². The summed E-state index contributed by atoms with van der Waals surface area (Å²) in [7, 11) is 0. The van der Waals surface area contributed by atoms with Gasteiger partial charge in [-0.25, -0.2) is 0 Å². The van der Waals surface area contributed by atoms with Crippen LogP contribution in [0.2, 0.25) is 0 Å². The molecule has 0 spiro atoms. The van der Waals surface area contributed by atoms with Crippen LogP contribution in [0, 0.1) is 11.8 Å². The fourth-order valence-corrected chi connectivity index (χ4v) is 3.42. The second kappa shape index (κ2) is 10.1. The van der Waals surface area contributed by atoms with Crippen LogP contribution < -0.4 is 5.32 Å². The van der Waals surface area contributed by atoms with E-state index < -0.39 is 5.97 Å². The molecule has 1 fully saturated rings. The van der Waals surface area contributed by atoms with Crippen molar-refractivity contribution in [3.05, 3.63) is 29.8 Å². The number of unbranched alkanes of at least 4 members (excludes halogenated alkanes) is 1. The molecule has 0 saturated carbocycles. The number of rotatable bonds is 8. The maximum atomic E-state index is 12.6. The van der Waals surface area contributed by atoms with Crippen LogP contribution in [0.1, 0.15) is 62.7 Å². The number of hydrogen-bond acceptors (Lipinski definition) is 3. The first kappa shape index (κ1) is 20.9. The van der Waals surface area contributed by atoms with Gasteiger partial charge in [0, 0.05) is 30.3 Å². The van der Waals surface area contributed by atoms with Gasteiger partial charge in [0.15, 0.2) is 0 Å². The minimum Gasteiger partial charge on any atom is -0.481 e. The Kier molecular flexibility index (Phi) is 7.82. The highest BCUT2D eigenvalue weighted by Gasteiger charge is 2.27. The van der Waals surface area contributed by atoms with Gasteiger partial charge in [-0.1, -0.05) is 26.7 Å². The Morgan fingerprint density at radius 1 is 1.15 bits per heavy atom. The molecule has 1 heterocycles. The van der Waals surface area contributed by atoms with E-state index in [1.807, 2.05) is 6.92 Å². The quantitative estimate of drug-likeness (QED) is 0.725. The molecule has 1 unspecified atom stereocenters. The summed E-state index contributed by atoms with van der Waals surface area (Å²) in [6.45, 7) is 5.06. The van der Waals surface area contributed by atoms with Crippen LogP contribution in [-0.4, -0.2) is 40.9 Å². The Labute approximate surface area is 160 Å². The number of nitrogens with one attached hydrogen (secondary N) is 1. The lowest BCUT2D eigenvalue weighted by Gasteiger charge is -2.30. The van der Waals surface area contributed by atoms with Crippen molar-refractivity contribution in [2.75, 3.05) is 18.4 Å². The molecule has 0 aliphatic carbocycles. The van der Waals surface area contributed by atoms with Gasteiger partial charge in [0.05, 0.1) is 5.92 Å². The third-order valence-electron chi connectivity index (χ3n) is 5.30. The lowest BCUT2D eigenvalue weighted by atomic mass is 9.96. The van der Waals surface area contributed by atoms with Gasteiger partial charge in [-0.3, -0.25) is 14.4 Å². The number of carboxylic acid groups (broad SMARTS) is 1. The highest BCUT2D eigenvalue weighted by atomic mass is 16.4. The number of carboxylic acids is 1. The number of amides is 2. The number of carbonyl (C=O) groups is 3. The van der Waals surface area contributed by atoms with E-state index in [-0.39, 0.29) is 23.7 Å². The molecule has 1 aromatic rings. The average Bonchev–Trinajstić information content (AvgIpc) is 2.68. The molecule has 6 heteroatoms. The molecule has 0 aromatic heterocycles. The van der Waals surface area contributed by atoms with Gasteiger partial charge in [-0.05, 0) is 49.9 Å². The van der Waals surface area contributed by atoms with Crippen molar-refractivity contribution in [1.29, 1.82) is 0 Å². The van der Waals surface area contributed by atoms with Crippen molar-refractivity contribution >= 4 is 23.5 Å². The largest absolute Gasteiger partial charge is 0.481 e. The number of hydrogen-bond donors (Lipinski definition) is 2. The van der Waals surface area contributed by atoms with E-state index in [4.69, 9.17) is 5.11 Å². The molecule has 1 saturated heterocycles. The number of anilines is 1. The monoisotopic (exact) mass is 374 g/mol.